The number of para-hydroxylation sites is 1. The predicted octanol–water partition coefficient (Wildman–Crippen LogP) is -1.94. The van der Waals surface area contributed by atoms with Gasteiger partial charge in [-0.1, -0.05) is 18.2 Å². The highest BCUT2D eigenvalue weighted by molar-refractivity contribution is 5.96. The Morgan fingerprint density at radius 1 is 0.941 bits per heavy atom. The number of carbonyl (C=O) groups excluding carboxylic acids is 3. The van der Waals surface area contributed by atoms with Crippen LogP contribution in [0.2, 0.25) is 0 Å². The number of aliphatic hydroxyl groups is 1. The number of carbonyl (C=O) groups is 5. The summed E-state index contributed by atoms with van der Waals surface area (Å²) in [5.74, 6) is -5.63. The Morgan fingerprint density at radius 3 is 2.12 bits per heavy atom. The third-order valence-electron chi connectivity index (χ3n) is 4.95. The molecule has 4 atom stereocenters. The molecule has 0 fully saturated rings. The number of rotatable bonds is 12. The van der Waals surface area contributed by atoms with Crippen molar-refractivity contribution in [2.45, 2.75) is 43.9 Å². The fraction of sp³-hybridized carbons (Fsp3) is 0.381. The van der Waals surface area contributed by atoms with Gasteiger partial charge in [0.2, 0.25) is 17.7 Å². The van der Waals surface area contributed by atoms with Crippen LogP contribution in [-0.4, -0.2) is 80.7 Å². The first-order chi connectivity index (χ1) is 16.0. The van der Waals surface area contributed by atoms with Gasteiger partial charge in [-0.15, -0.1) is 0 Å². The van der Waals surface area contributed by atoms with Crippen LogP contribution in [0, 0.1) is 0 Å². The van der Waals surface area contributed by atoms with Crippen LogP contribution in [0.3, 0.4) is 0 Å². The van der Waals surface area contributed by atoms with Crippen LogP contribution in [-0.2, 0) is 30.4 Å². The number of amides is 3. The van der Waals surface area contributed by atoms with E-state index in [1.54, 1.807) is 12.3 Å². The van der Waals surface area contributed by atoms with Crippen LogP contribution in [0.15, 0.2) is 30.5 Å². The van der Waals surface area contributed by atoms with Gasteiger partial charge in [-0.05, 0) is 18.6 Å². The maximum absolute atomic E-state index is 13.0. The van der Waals surface area contributed by atoms with Gasteiger partial charge in [0.25, 0.3) is 0 Å². The van der Waals surface area contributed by atoms with E-state index in [9.17, 15) is 24.0 Å². The van der Waals surface area contributed by atoms with E-state index in [1.807, 2.05) is 23.5 Å². The maximum atomic E-state index is 13.0. The van der Waals surface area contributed by atoms with E-state index in [1.165, 1.54) is 6.92 Å². The topological polar surface area (TPSA) is 224 Å². The van der Waals surface area contributed by atoms with E-state index in [0.717, 1.165) is 10.9 Å². The number of hydrogen-bond acceptors (Lipinski definition) is 7. The molecule has 1 aromatic heterocycles. The first kappa shape index (κ1) is 26.3. The normalized spacial score (nSPS) is 14.4. The molecule has 13 heteroatoms. The Kier molecular flexibility index (Phi) is 9.10. The van der Waals surface area contributed by atoms with Crippen LogP contribution in [0.25, 0.3) is 10.9 Å². The highest BCUT2D eigenvalue weighted by Gasteiger charge is 2.31. The zero-order valence-electron chi connectivity index (χ0n) is 18.3. The molecule has 2 aromatic rings. The third kappa shape index (κ3) is 7.02. The smallest absolute Gasteiger partial charge is 0.328 e. The van der Waals surface area contributed by atoms with Crippen molar-refractivity contribution in [3.05, 3.63) is 36.0 Å². The van der Waals surface area contributed by atoms with Crippen molar-refractivity contribution in [2.24, 2.45) is 5.73 Å². The van der Waals surface area contributed by atoms with Crippen molar-refractivity contribution in [3.8, 4) is 0 Å². The third-order valence-corrected chi connectivity index (χ3v) is 4.95. The Labute approximate surface area is 193 Å². The van der Waals surface area contributed by atoms with E-state index < -0.39 is 66.9 Å². The minimum Gasteiger partial charge on any atom is -0.481 e. The van der Waals surface area contributed by atoms with Gasteiger partial charge in [0, 0.05) is 23.5 Å². The Bertz CT molecular complexity index is 1070. The molecule has 0 aliphatic carbocycles. The number of nitrogens with one attached hydrogen (secondary N) is 4. The molecule has 3 amide bonds. The zero-order chi connectivity index (χ0) is 25.4. The van der Waals surface area contributed by atoms with Gasteiger partial charge in [-0.25, -0.2) is 4.79 Å². The van der Waals surface area contributed by atoms with Crippen LogP contribution in [0.1, 0.15) is 18.9 Å². The lowest BCUT2D eigenvalue weighted by molar-refractivity contribution is -0.144. The molecular formula is C21H27N5O8. The molecule has 1 aromatic carbocycles. The summed E-state index contributed by atoms with van der Waals surface area (Å²) in [5.41, 5.74) is 7.06. The molecule has 0 radical (unpaired) electrons. The number of aliphatic hydroxyl groups excluding tert-OH is 1. The fourth-order valence-corrected chi connectivity index (χ4v) is 3.15. The second-order valence-electron chi connectivity index (χ2n) is 7.65. The molecular weight excluding hydrogens is 450 g/mol. The number of benzene rings is 1. The average molecular weight is 477 g/mol. The standard InChI is InChI=1S/C21H27N5O8/c1-10(22)18(30)24-14(6-11-8-23-13-5-3-2-4-12(11)13)19(31)25-15(7-17(28)29)20(32)26-16(9-27)21(33)34/h2-5,8,10,14-16,23,27H,6-7,9,22H2,1H3,(H,24,30)(H,25,31)(H,26,32)(H,28,29)(H,33,34). The van der Waals surface area contributed by atoms with Gasteiger partial charge < -0.3 is 42.0 Å². The molecule has 13 nitrogen and oxygen atoms in total. The quantitative estimate of drug-likeness (QED) is 0.170. The van der Waals surface area contributed by atoms with Crippen LogP contribution in [0.5, 0.6) is 0 Å². The molecule has 34 heavy (non-hydrogen) atoms. The van der Waals surface area contributed by atoms with Crippen LogP contribution < -0.4 is 21.7 Å². The summed E-state index contributed by atoms with van der Waals surface area (Å²) < 4.78 is 0. The summed E-state index contributed by atoms with van der Waals surface area (Å²) in [6.07, 6.45) is 0.781. The molecule has 184 valence electrons. The van der Waals surface area contributed by atoms with E-state index in [-0.39, 0.29) is 6.42 Å². The number of hydrogen-bond donors (Lipinski definition) is 8. The number of aromatic amines is 1. The number of aromatic nitrogens is 1. The average Bonchev–Trinajstić information content (AvgIpc) is 3.18. The summed E-state index contributed by atoms with van der Waals surface area (Å²) in [5, 5.41) is 34.7. The lowest BCUT2D eigenvalue weighted by Crippen LogP contribution is -2.58. The van der Waals surface area contributed by atoms with Crippen molar-refractivity contribution in [1.82, 2.24) is 20.9 Å². The van der Waals surface area contributed by atoms with Crippen molar-refractivity contribution in [1.29, 1.82) is 0 Å². The van der Waals surface area contributed by atoms with E-state index in [2.05, 4.69) is 15.6 Å². The molecule has 0 bridgehead atoms. The van der Waals surface area contributed by atoms with Gasteiger partial charge in [0.1, 0.15) is 18.1 Å². The minimum atomic E-state index is -1.69. The van der Waals surface area contributed by atoms with E-state index in [0.29, 0.717) is 5.56 Å². The number of carboxylic acid groups (broad SMARTS) is 2. The summed E-state index contributed by atoms with van der Waals surface area (Å²) in [6, 6.07) is 1.70. The second kappa shape index (κ2) is 11.8. The summed E-state index contributed by atoms with van der Waals surface area (Å²) in [6.45, 7) is 0.472. The van der Waals surface area contributed by atoms with Gasteiger partial charge >= 0.3 is 11.9 Å². The molecule has 2 rings (SSSR count). The highest BCUT2D eigenvalue weighted by atomic mass is 16.4. The Balaban J connectivity index is 2.27. The second-order valence-corrected chi connectivity index (χ2v) is 7.65. The maximum Gasteiger partial charge on any atom is 0.328 e. The van der Waals surface area contributed by atoms with E-state index >= 15 is 0 Å². The molecule has 0 saturated heterocycles. The van der Waals surface area contributed by atoms with E-state index in [4.69, 9.17) is 21.1 Å². The lowest BCUT2D eigenvalue weighted by atomic mass is 10.0. The van der Waals surface area contributed by atoms with Crippen LogP contribution >= 0.6 is 0 Å². The van der Waals surface area contributed by atoms with Crippen molar-refractivity contribution in [3.63, 3.8) is 0 Å². The zero-order valence-corrected chi connectivity index (χ0v) is 18.3. The first-order valence-electron chi connectivity index (χ1n) is 10.3. The van der Waals surface area contributed by atoms with Gasteiger partial charge in [-0.3, -0.25) is 19.2 Å². The SMILES string of the molecule is CC(N)C(=O)NC(Cc1c[nH]c2ccccc12)C(=O)NC(CC(=O)O)C(=O)NC(CO)C(=O)O. The monoisotopic (exact) mass is 477 g/mol. The van der Waals surface area contributed by atoms with Gasteiger partial charge in [-0.2, -0.15) is 0 Å². The van der Waals surface area contributed by atoms with Crippen molar-refractivity contribution in [2.75, 3.05) is 6.61 Å². The Morgan fingerprint density at radius 2 is 1.53 bits per heavy atom. The largest absolute Gasteiger partial charge is 0.481 e. The molecule has 0 spiro atoms. The fourth-order valence-electron chi connectivity index (χ4n) is 3.15. The summed E-state index contributed by atoms with van der Waals surface area (Å²) in [4.78, 5) is 63.1. The predicted molar refractivity (Wildman–Crippen MR) is 118 cm³/mol. The molecule has 1 heterocycles. The Hall–Kier alpha value is -3.97. The van der Waals surface area contributed by atoms with Gasteiger partial charge in [0.05, 0.1) is 19.1 Å². The number of H-pyrrole nitrogens is 1. The molecule has 4 unspecified atom stereocenters. The highest BCUT2D eigenvalue weighted by Crippen LogP contribution is 2.19. The minimum absolute atomic E-state index is 0.00981. The van der Waals surface area contributed by atoms with Crippen molar-refractivity contribution >= 4 is 40.6 Å². The summed E-state index contributed by atoms with van der Waals surface area (Å²) >= 11 is 0. The molecule has 0 aliphatic heterocycles. The molecule has 9 N–H and O–H groups in total. The summed E-state index contributed by atoms with van der Waals surface area (Å²) in [7, 11) is 0. The number of nitrogens with two attached hydrogens (primary N) is 1. The van der Waals surface area contributed by atoms with Gasteiger partial charge in [0.15, 0.2) is 0 Å². The molecule has 0 aliphatic rings. The number of fused-ring (bicyclic) bond motifs is 1. The van der Waals surface area contributed by atoms with Crippen LogP contribution in [0.4, 0.5) is 0 Å². The number of aliphatic carboxylic acids is 2. The lowest BCUT2D eigenvalue weighted by Gasteiger charge is -2.24. The molecule has 0 saturated carbocycles. The number of carboxylic acids is 2. The first-order valence-corrected chi connectivity index (χ1v) is 10.3. The van der Waals surface area contributed by atoms with Crippen molar-refractivity contribution < 1.29 is 39.3 Å².